The minimum absolute atomic E-state index is 0.121. The normalized spacial score (nSPS) is 10.4. The van der Waals surface area contributed by atoms with Gasteiger partial charge in [0.2, 0.25) is 5.13 Å². The van der Waals surface area contributed by atoms with Crippen LogP contribution in [0.5, 0.6) is 0 Å². The number of hydrogen-bond donors (Lipinski definition) is 1. The molecule has 6 heteroatoms. The Hall–Kier alpha value is -1.56. The van der Waals surface area contributed by atoms with Crippen LogP contribution in [0.1, 0.15) is 6.92 Å². The molecule has 0 radical (unpaired) electrons. The van der Waals surface area contributed by atoms with Gasteiger partial charge < -0.3 is 5.32 Å². The lowest BCUT2D eigenvalue weighted by atomic mass is 10.2. The summed E-state index contributed by atoms with van der Waals surface area (Å²) in [6, 6.07) is 3.72. The minimum Gasteiger partial charge on any atom is -0.360 e. The average molecular weight is 241 g/mol. The summed E-state index contributed by atoms with van der Waals surface area (Å²) in [6.45, 7) is 2.60. The predicted octanol–water partition coefficient (Wildman–Crippen LogP) is 2.92. The summed E-state index contributed by atoms with van der Waals surface area (Å²) in [7, 11) is 0. The van der Waals surface area contributed by atoms with E-state index in [1.165, 1.54) is 18.2 Å². The van der Waals surface area contributed by atoms with Gasteiger partial charge in [0.25, 0.3) is 0 Å². The second kappa shape index (κ2) is 4.52. The van der Waals surface area contributed by atoms with Gasteiger partial charge in [-0.1, -0.05) is 17.4 Å². The highest BCUT2D eigenvalue weighted by Crippen LogP contribution is 2.30. The molecular weight excluding hydrogens is 232 g/mol. The molecule has 1 aromatic carbocycles. The molecule has 0 unspecified atom stereocenters. The molecule has 1 aromatic heterocycles. The first kappa shape index (κ1) is 10.9. The van der Waals surface area contributed by atoms with Gasteiger partial charge in [-0.15, -0.1) is 10.2 Å². The Balaban J connectivity index is 2.42. The summed E-state index contributed by atoms with van der Waals surface area (Å²) < 4.78 is 26.8. The maximum atomic E-state index is 13.4. The molecule has 0 bridgehead atoms. The van der Waals surface area contributed by atoms with E-state index in [9.17, 15) is 8.78 Å². The van der Waals surface area contributed by atoms with Gasteiger partial charge in [0.15, 0.2) is 5.01 Å². The van der Waals surface area contributed by atoms with Crippen molar-refractivity contribution >= 4 is 16.5 Å². The first-order chi connectivity index (χ1) is 7.72. The van der Waals surface area contributed by atoms with Crippen LogP contribution in [0.15, 0.2) is 18.2 Å². The van der Waals surface area contributed by atoms with Gasteiger partial charge in [-0.2, -0.15) is 0 Å². The summed E-state index contributed by atoms with van der Waals surface area (Å²) in [5.41, 5.74) is -0.121. The van der Waals surface area contributed by atoms with Crippen LogP contribution < -0.4 is 5.32 Å². The zero-order chi connectivity index (χ0) is 11.5. The highest BCUT2D eigenvalue weighted by atomic mass is 32.1. The zero-order valence-electron chi connectivity index (χ0n) is 8.50. The number of rotatable bonds is 3. The van der Waals surface area contributed by atoms with E-state index in [1.54, 1.807) is 0 Å². The van der Waals surface area contributed by atoms with Crippen LogP contribution in [-0.4, -0.2) is 16.7 Å². The highest BCUT2D eigenvalue weighted by molar-refractivity contribution is 7.18. The lowest BCUT2D eigenvalue weighted by molar-refractivity contribution is 0.589. The molecule has 1 N–H and O–H groups in total. The monoisotopic (exact) mass is 241 g/mol. The molecule has 2 aromatic rings. The van der Waals surface area contributed by atoms with Crippen molar-refractivity contribution in [2.24, 2.45) is 0 Å². The van der Waals surface area contributed by atoms with Gasteiger partial charge in [-0.25, -0.2) is 8.78 Å². The quantitative estimate of drug-likeness (QED) is 0.897. The lowest BCUT2D eigenvalue weighted by Gasteiger charge is -1.98. The Bertz CT molecular complexity index is 478. The fourth-order valence-electron chi connectivity index (χ4n) is 1.25. The van der Waals surface area contributed by atoms with E-state index in [0.717, 1.165) is 11.3 Å². The second-order valence-corrected chi connectivity index (χ2v) is 4.02. The van der Waals surface area contributed by atoms with Crippen molar-refractivity contribution in [1.29, 1.82) is 0 Å². The van der Waals surface area contributed by atoms with Gasteiger partial charge in [0.05, 0.1) is 5.56 Å². The predicted molar refractivity (Wildman–Crippen MR) is 59.4 cm³/mol. The summed E-state index contributed by atoms with van der Waals surface area (Å²) in [4.78, 5) is 0. The minimum atomic E-state index is -0.626. The van der Waals surface area contributed by atoms with Crippen molar-refractivity contribution in [2.45, 2.75) is 6.92 Å². The third kappa shape index (κ3) is 2.01. The van der Waals surface area contributed by atoms with Crippen molar-refractivity contribution < 1.29 is 8.78 Å². The Morgan fingerprint density at radius 2 is 1.94 bits per heavy atom. The maximum Gasteiger partial charge on any atom is 0.206 e. The molecule has 0 saturated heterocycles. The van der Waals surface area contributed by atoms with E-state index in [0.29, 0.717) is 11.7 Å². The molecule has 2 rings (SSSR count). The third-order valence-electron chi connectivity index (χ3n) is 1.93. The first-order valence-corrected chi connectivity index (χ1v) is 5.55. The summed E-state index contributed by atoms with van der Waals surface area (Å²) in [5.74, 6) is -1.25. The fourth-order valence-corrected chi connectivity index (χ4v) is 2.11. The highest BCUT2D eigenvalue weighted by Gasteiger charge is 2.15. The molecule has 84 valence electrons. The van der Waals surface area contributed by atoms with E-state index in [-0.39, 0.29) is 10.6 Å². The van der Waals surface area contributed by atoms with Gasteiger partial charge in [-0.05, 0) is 19.1 Å². The summed E-state index contributed by atoms with van der Waals surface area (Å²) in [6.07, 6.45) is 0. The van der Waals surface area contributed by atoms with Gasteiger partial charge >= 0.3 is 0 Å². The summed E-state index contributed by atoms with van der Waals surface area (Å²) in [5, 5.41) is 11.3. The van der Waals surface area contributed by atoms with E-state index in [4.69, 9.17) is 0 Å². The molecule has 1 heterocycles. The Labute approximate surface area is 95.1 Å². The third-order valence-corrected chi connectivity index (χ3v) is 2.83. The number of nitrogens with one attached hydrogen (secondary N) is 1. The molecule has 0 aliphatic rings. The van der Waals surface area contributed by atoms with Gasteiger partial charge in [0.1, 0.15) is 11.6 Å². The molecule has 0 atom stereocenters. The fraction of sp³-hybridized carbons (Fsp3) is 0.200. The van der Waals surface area contributed by atoms with Crippen LogP contribution >= 0.6 is 11.3 Å². The van der Waals surface area contributed by atoms with Crippen molar-refractivity contribution in [2.75, 3.05) is 11.9 Å². The van der Waals surface area contributed by atoms with Crippen LogP contribution in [0.3, 0.4) is 0 Å². The molecule has 0 spiro atoms. The summed E-state index contributed by atoms with van der Waals surface area (Å²) >= 11 is 1.13. The Morgan fingerprint density at radius 3 is 2.56 bits per heavy atom. The topological polar surface area (TPSA) is 37.8 Å². The molecule has 0 aliphatic carbocycles. The van der Waals surface area contributed by atoms with E-state index in [2.05, 4.69) is 15.5 Å². The van der Waals surface area contributed by atoms with E-state index >= 15 is 0 Å². The molecule has 0 saturated carbocycles. The molecule has 16 heavy (non-hydrogen) atoms. The lowest BCUT2D eigenvalue weighted by Crippen LogP contribution is -1.94. The number of aromatic nitrogens is 2. The number of hydrogen-bond acceptors (Lipinski definition) is 4. The van der Waals surface area contributed by atoms with Crippen molar-refractivity contribution in [3.8, 4) is 10.6 Å². The van der Waals surface area contributed by atoms with Crippen LogP contribution in [0, 0.1) is 11.6 Å². The smallest absolute Gasteiger partial charge is 0.206 e. The van der Waals surface area contributed by atoms with Crippen molar-refractivity contribution in [3.63, 3.8) is 0 Å². The van der Waals surface area contributed by atoms with Crippen LogP contribution in [-0.2, 0) is 0 Å². The SMILES string of the molecule is CCNc1nnc(-c2c(F)cccc2F)s1. The van der Waals surface area contributed by atoms with Gasteiger partial charge in [-0.3, -0.25) is 0 Å². The standard InChI is InChI=1S/C10H9F2N3S/c1-2-13-10-15-14-9(16-10)8-6(11)4-3-5-7(8)12/h3-5H,2H2,1H3,(H,13,15). The number of anilines is 1. The number of benzene rings is 1. The maximum absolute atomic E-state index is 13.4. The molecule has 3 nitrogen and oxygen atoms in total. The number of halogens is 2. The molecule has 0 amide bonds. The molecule has 0 fully saturated rings. The Kier molecular flexibility index (Phi) is 3.09. The van der Waals surface area contributed by atoms with E-state index < -0.39 is 11.6 Å². The molecule has 0 aliphatic heterocycles. The number of nitrogens with zero attached hydrogens (tertiary/aromatic N) is 2. The van der Waals surface area contributed by atoms with Crippen molar-refractivity contribution in [1.82, 2.24) is 10.2 Å². The molecular formula is C10H9F2N3S. The van der Waals surface area contributed by atoms with Crippen LogP contribution in [0.4, 0.5) is 13.9 Å². The average Bonchev–Trinajstić information content (AvgIpc) is 2.67. The second-order valence-electron chi connectivity index (χ2n) is 3.04. The van der Waals surface area contributed by atoms with Crippen molar-refractivity contribution in [3.05, 3.63) is 29.8 Å². The zero-order valence-corrected chi connectivity index (χ0v) is 9.31. The van der Waals surface area contributed by atoms with E-state index in [1.807, 2.05) is 6.92 Å². The van der Waals surface area contributed by atoms with Gasteiger partial charge in [0, 0.05) is 6.54 Å². The van der Waals surface area contributed by atoms with Crippen LogP contribution in [0.25, 0.3) is 10.6 Å². The Morgan fingerprint density at radius 1 is 1.25 bits per heavy atom. The first-order valence-electron chi connectivity index (χ1n) is 4.74. The largest absolute Gasteiger partial charge is 0.360 e. The van der Waals surface area contributed by atoms with Crippen LogP contribution in [0.2, 0.25) is 0 Å².